The Bertz CT molecular complexity index is 552. The van der Waals surface area contributed by atoms with E-state index < -0.39 is 0 Å². The number of aliphatic hydroxyl groups excluding tert-OH is 1. The Labute approximate surface area is 124 Å². The Hall–Kier alpha value is -1.72. The van der Waals surface area contributed by atoms with Crippen LogP contribution in [0.2, 0.25) is 0 Å². The zero-order valence-electron chi connectivity index (χ0n) is 12.1. The molecule has 0 unspecified atom stereocenters. The fourth-order valence-electron chi connectivity index (χ4n) is 2.45. The average molecular weight is 287 g/mol. The lowest BCUT2D eigenvalue weighted by atomic mass is 10.2. The highest BCUT2D eigenvalue weighted by molar-refractivity contribution is 5.51. The second-order valence-corrected chi connectivity index (χ2v) is 5.51. The summed E-state index contributed by atoms with van der Waals surface area (Å²) in [6.07, 6.45) is 4.37. The SMILES string of the molecule is OCCCCN(Cc1noc(-c2ccccc2)n1)C1CC1. The molecule has 1 aliphatic rings. The minimum atomic E-state index is 0.263. The minimum absolute atomic E-state index is 0.263. The average Bonchev–Trinajstić information content (AvgIpc) is 3.27. The summed E-state index contributed by atoms with van der Waals surface area (Å²) in [5.74, 6) is 1.32. The lowest BCUT2D eigenvalue weighted by Gasteiger charge is -2.19. The van der Waals surface area contributed by atoms with Gasteiger partial charge in [0.1, 0.15) is 0 Å². The number of hydrogen-bond donors (Lipinski definition) is 1. The molecule has 0 saturated heterocycles. The summed E-state index contributed by atoms with van der Waals surface area (Å²) in [7, 11) is 0. The first kappa shape index (κ1) is 14.2. The highest BCUT2D eigenvalue weighted by Gasteiger charge is 2.29. The summed E-state index contributed by atoms with van der Waals surface area (Å²) in [5.41, 5.74) is 0.953. The van der Waals surface area contributed by atoms with Crippen molar-refractivity contribution in [3.05, 3.63) is 36.2 Å². The Kier molecular flexibility index (Phi) is 4.62. The van der Waals surface area contributed by atoms with Crippen molar-refractivity contribution in [2.75, 3.05) is 13.2 Å². The first-order chi connectivity index (χ1) is 10.4. The Morgan fingerprint density at radius 1 is 1.19 bits per heavy atom. The van der Waals surface area contributed by atoms with Gasteiger partial charge in [0, 0.05) is 18.2 Å². The van der Waals surface area contributed by atoms with E-state index in [1.54, 1.807) is 0 Å². The summed E-state index contributed by atoms with van der Waals surface area (Å²) >= 11 is 0. The normalized spacial score (nSPS) is 14.8. The van der Waals surface area contributed by atoms with Crippen molar-refractivity contribution in [1.82, 2.24) is 15.0 Å². The number of aliphatic hydroxyl groups is 1. The number of rotatable bonds is 8. The van der Waals surface area contributed by atoms with E-state index in [2.05, 4.69) is 15.0 Å². The van der Waals surface area contributed by atoms with Crippen LogP contribution in [0.25, 0.3) is 11.5 Å². The van der Waals surface area contributed by atoms with Crippen molar-refractivity contribution in [2.24, 2.45) is 0 Å². The summed E-state index contributed by atoms with van der Waals surface area (Å²) in [6.45, 7) is 1.98. The fraction of sp³-hybridized carbons (Fsp3) is 0.500. The van der Waals surface area contributed by atoms with Gasteiger partial charge in [-0.05, 0) is 44.4 Å². The molecule has 21 heavy (non-hydrogen) atoms. The van der Waals surface area contributed by atoms with Crippen molar-refractivity contribution >= 4 is 0 Å². The molecular formula is C16H21N3O2. The molecular weight excluding hydrogens is 266 g/mol. The van der Waals surface area contributed by atoms with Gasteiger partial charge >= 0.3 is 0 Å². The van der Waals surface area contributed by atoms with E-state index in [0.717, 1.165) is 37.3 Å². The first-order valence-electron chi connectivity index (χ1n) is 7.60. The molecule has 5 nitrogen and oxygen atoms in total. The molecule has 0 atom stereocenters. The van der Waals surface area contributed by atoms with Crippen LogP contribution in [0.5, 0.6) is 0 Å². The van der Waals surface area contributed by atoms with Gasteiger partial charge in [0.05, 0.1) is 6.54 Å². The molecule has 0 radical (unpaired) electrons. The van der Waals surface area contributed by atoms with Crippen molar-refractivity contribution in [3.8, 4) is 11.5 Å². The highest BCUT2D eigenvalue weighted by atomic mass is 16.5. The molecule has 0 aliphatic heterocycles. The zero-order chi connectivity index (χ0) is 14.5. The molecule has 112 valence electrons. The molecule has 0 amide bonds. The van der Waals surface area contributed by atoms with Crippen LogP contribution in [-0.4, -0.2) is 39.3 Å². The second kappa shape index (κ2) is 6.83. The van der Waals surface area contributed by atoms with Gasteiger partial charge in [0.2, 0.25) is 0 Å². The molecule has 1 saturated carbocycles. The van der Waals surface area contributed by atoms with Crippen molar-refractivity contribution in [2.45, 2.75) is 38.3 Å². The predicted octanol–water partition coefficient (Wildman–Crippen LogP) is 2.47. The third-order valence-electron chi connectivity index (χ3n) is 3.75. The molecule has 1 heterocycles. The number of nitrogens with zero attached hydrogens (tertiary/aromatic N) is 3. The third-order valence-corrected chi connectivity index (χ3v) is 3.75. The summed E-state index contributed by atoms with van der Waals surface area (Å²) in [6, 6.07) is 10.5. The van der Waals surface area contributed by atoms with Gasteiger partial charge in [-0.15, -0.1) is 0 Å². The summed E-state index contributed by atoms with van der Waals surface area (Å²) < 4.78 is 5.35. The van der Waals surface area contributed by atoms with Crippen molar-refractivity contribution < 1.29 is 9.63 Å². The van der Waals surface area contributed by atoms with Crippen LogP contribution < -0.4 is 0 Å². The van der Waals surface area contributed by atoms with Gasteiger partial charge in [-0.25, -0.2) is 0 Å². The molecule has 1 aliphatic carbocycles. The quantitative estimate of drug-likeness (QED) is 0.756. The zero-order valence-corrected chi connectivity index (χ0v) is 12.1. The van der Waals surface area contributed by atoms with Crippen LogP contribution in [0.1, 0.15) is 31.5 Å². The molecule has 1 fully saturated rings. The Morgan fingerprint density at radius 2 is 2.00 bits per heavy atom. The van der Waals surface area contributed by atoms with Crippen LogP contribution in [-0.2, 0) is 6.54 Å². The maximum Gasteiger partial charge on any atom is 0.257 e. The number of unbranched alkanes of at least 4 members (excludes halogenated alkanes) is 1. The molecule has 1 aromatic heterocycles. The van der Waals surface area contributed by atoms with Crippen LogP contribution >= 0.6 is 0 Å². The van der Waals surface area contributed by atoms with Gasteiger partial charge < -0.3 is 9.63 Å². The van der Waals surface area contributed by atoms with Gasteiger partial charge in [-0.1, -0.05) is 23.4 Å². The van der Waals surface area contributed by atoms with Crippen molar-refractivity contribution in [3.63, 3.8) is 0 Å². The monoisotopic (exact) mass is 287 g/mol. The molecule has 0 spiro atoms. The molecule has 0 bridgehead atoms. The lowest BCUT2D eigenvalue weighted by molar-refractivity contribution is 0.222. The molecule has 2 aromatic rings. The van der Waals surface area contributed by atoms with E-state index in [1.165, 1.54) is 12.8 Å². The summed E-state index contributed by atoms with van der Waals surface area (Å²) in [5, 5.41) is 13.0. The molecule has 3 rings (SSSR count). The van der Waals surface area contributed by atoms with Gasteiger partial charge in [0.25, 0.3) is 5.89 Å². The second-order valence-electron chi connectivity index (χ2n) is 5.51. The van der Waals surface area contributed by atoms with Crippen LogP contribution in [0.15, 0.2) is 34.9 Å². The lowest BCUT2D eigenvalue weighted by Crippen LogP contribution is -2.27. The third kappa shape index (κ3) is 3.89. The van der Waals surface area contributed by atoms with Crippen LogP contribution in [0, 0.1) is 0 Å². The van der Waals surface area contributed by atoms with Gasteiger partial charge in [-0.3, -0.25) is 4.90 Å². The molecule has 5 heteroatoms. The number of benzene rings is 1. The standard InChI is InChI=1S/C16H21N3O2/c20-11-5-4-10-19(14-8-9-14)12-15-17-16(21-18-15)13-6-2-1-3-7-13/h1-3,6-7,14,20H,4-5,8-12H2. The van der Waals surface area contributed by atoms with E-state index in [9.17, 15) is 0 Å². The minimum Gasteiger partial charge on any atom is -0.396 e. The van der Waals surface area contributed by atoms with E-state index in [4.69, 9.17) is 9.63 Å². The van der Waals surface area contributed by atoms with Crippen LogP contribution in [0.4, 0.5) is 0 Å². The van der Waals surface area contributed by atoms with E-state index in [0.29, 0.717) is 11.9 Å². The maximum absolute atomic E-state index is 8.89. The number of aromatic nitrogens is 2. The molecule has 1 N–H and O–H groups in total. The van der Waals surface area contributed by atoms with Gasteiger partial charge in [-0.2, -0.15) is 4.98 Å². The Morgan fingerprint density at radius 3 is 2.71 bits per heavy atom. The predicted molar refractivity (Wildman–Crippen MR) is 79.5 cm³/mol. The number of hydrogen-bond acceptors (Lipinski definition) is 5. The highest BCUT2D eigenvalue weighted by Crippen LogP contribution is 2.28. The maximum atomic E-state index is 8.89. The topological polar surface area (TPSA) is 62.4 Å². The molecule has 1 aromatic carbocycles. The fourth-order valence-corrected chi connectivity index (χ4v) is 2.45. The first-order valence-corrected chi connectivity index (χ1v) is 7.60. The summed E-state index contributed by atoms with van der Waals surface area (Å²) in [4.78, 5) is 6.89. The smallest absolute Gasteiger partial charge is 0.257 e. The van der Waals surface area contributed by atoms with Crippen LogP contribution in [0.3, 0.4) is 0 Å². The van der Waals surface area contributed by atoms with E-state index in [1.807, 2.05) is 30.3 Å². The largest absolute Gasteiger partial charge is 0.396 e. The van der Waals surface area contributed by atoms with E-state index >= 15 is 0 Å². The Balaban J connectivity index is 1.62. The van der Waals surface area contributed by atoms with E-state index in [-0.39, 0.29) is 6.61 Å². The van der Waals surface area contributed by atoms with Crippen molar-refractivity contribution in [1.29, 1.82) is 0 Å². The van der Waals surface area contributed by atoms with Gasteiger partial charge in [0.15, 0.2) is 5.82 Å².